The zero-order chi connectivity index (χ0) is 5.44. The third kappa shape index (κ3) is 0.524. The van der Waals surface area contributed by atoms with Gasteiger partial charge in [-0.3, -0.25) is 0 Å². The van der Waals surface area contributed by atoms with Crippen LogP contribution in [0, 0.1) is 5.21 Å². The second kappa shape index (κ2) is 1.26. The summed E-state index contributed by atoms with van der Waals surface area (Å²) in [4.78, 5) is 10.1. The van der Waals surface area contributed by atoms with Gasteiger partial charge in [0.25, 0.3) is 0 Å². The van der Waals surface area contributed by atoms with Crippen LogP contribution in [-0.4, -0.2) is 18.5 Å². The maximum Gasteiger partial charge on any atom is 0.334 e. The van der Waals surface area contributed by atoms with Crippen molar-refractivity contribution in [3.05, 3.63) is 5.21 Å². The zero-order valence-corrected chi connectivity index (χ0v) is 3.68. The van der Waals surface area contributed by atoms with Gasteiger partial charge in [0.1, 0.15) is 6.54 Å². The van der Waals surface area contributed by atoms with Crippen molar-refractivity contribution in [1.82, 2.24) is 0 Å². The van der Waals surface area contributed by atoms with Crippen LogP contribution in [-0.2, 0) is 4.79 Å². The Morgan fingerprint density at radius 1 is 2.00 bits per heavy atom. The fraction of sp³-hybridized carbons (Fsp3) is 0.667. The van der Waals surface area contributed by atoms with Gasteiger partial charge in [-0.05, 0) is 0 Å². The number of hydroxylamine groups is 2. The van der Waals surface area contributed by atoms with Crippen molar-refractivity contribution in [1.29, 1.82) is 0 Å². The quantitative estimate of drug-likeness (QED) is 0.257. The molecular formula is C3H6N2O2. The highest BCUT2D eigenvalue weighted by Gasteiger charge is 2.34. The summed E-state index contributed by atoms with van der Waals surface area (Å²) in [5.41, 5.74) is 5.04. The molecule has 1 rings (SSSR count). The Morgan fingerprint density at radius 3 is 2.57 bits per heavy atom. The van der Waals surface area contributed by atoms with Crippen molar-refractivity contribution in [2.45, 2.75) is 6.04 Å². The minimum Gasteiger partial charge on any atom is -0.627 e. The van der Waals surface area contributed by atoms with Crippen LogP contribution in [0.15, 0.2) is 0 Å². The van der Waals surface area contributed by atoms with Crippen LogP contribution in [0.1, 0.15) is 0 Å². The van der Waals surface area contributed by atoms with E-state index in [1.165, 1.54) is 0 Å². The molecule has 40 valence electrons. The molecule has 1 saturated heterocycles. The summed E-state index contributed by atoms with van der Waals surface area (Å²) in [7, 11) is 0. The number of hydrogen-bond donors (Lipinski definition) is 2. The predicted octanol–water partition coefficient (Wildman–Crippen LogP) is -2.76. The van der Waals surface area contributed by atoms with Crippen LogP contribution in [0.25, 0.3) is 0 Å². The summed E-state index contributed by atoms with van der Waals surface area (Å²) in [5.74, 6) is -0.417. The molecule has 1 heterocycles. The molecule has 0 spiro atoms. The van der Waals surface area contributed by atoms with E-state index in [9.17, 15) is 10.0 Å². The highest BCUT2D eigenvalue weighted by atomic mass is 16.5. The van der Waals surface area contributed by atoms with Gasteiger partial charge in [0.2, 0.25) is 0 Å². The van der Waals surface area contributed by atoms with Crippen molar-refractivity contribution in [3.63, 3.8) is 0 Å². The maximum absolute atomic E-state index is 10.1. The van der Waals surface area contributed by atoms with Crippen LogP contribution in [0.2, 0.25) is 0 Å². The number of β-lactam (4-membered cyclic amide) rings is 1. The van der Waals surface area contributed by atoms with E-state index in [-0.39, 0.29) is 11.6 Å². The topological polar surface area (TPSA) is 70.6 Å². The summed E-state index contributed by atoms with van der Waals surface area (Å²) >= 11 is 0. The number of nitrogens with one attached hydrogen (secondary N) is 1. The highest BCUT2D eigenvalue weighted by Crippen LogP contribution is 1.77. The Labute approximate surface area is 40.5 Å². The number of quaternary nitrogens is 1. The Hall–Kier alpha value is -0.450. The Kier molecular flexibility index (Phi) is 0.846. The molecule has 0 aromatic rings. The lowest BCUT2D eigenvalue weighted by molar-refractivity contribution is -0.797. The second-order valence-electron chi connectivity index (χ2n) is 1.60. The van der Waals surface area contributed by atoms with Gasteiger partial charge in [-0.25, -0.2) is 4.79 Å². The first-order chi connectivity index (χ1) is 3.22. The van der Waals surface area contributed by atoms with Crippen LogP contribution < -0.4 is 10.8 Å². The first-order valence-electron chi connectivity index (χ1n) is 2.04. The van der Waals surface area contributed by atoms with Gasteiger partial charge in [0.15, 0.2) is 6.04 Å². The monoisotopic (exact) mass is 102 g/mol. The summed E-state index contributed by atoms with van der Waals surface area (Å²) in [6, 6.07) is -0.479. The average Bonchev–Trinajstić information content (AvgIpc) is 1.68. The Bertz CT molecular complexity index is 93.1. The lowest BCUT2D eigenvalue weighted by atomic mass is 10.2. The second-order valence-corrected chi connectivity index (χ2v) is 1.60. The summed E-state index contributed by atoms with van der Waals surface area (Å²) in [5, 5.41) is 9.68. The van der Waals surface area contributed by atoms with E-state index in [4.69, 9.17) is 5.73 Å². The minimum absolute atomic E-state index is 0.249. The van der Waals surface area contributed by atoms with Gasteiger partial charge in [0, 0.05) is 0 Å². The van der Waals surface area contributed by atoms with E-state index < -0.39 is 11.9 Å². The van der Waals surface area contributed by atoms with Gasteiger partial charge in [-0.2, -0.15) is 0 Å². The fourth-order valence-electron chi connectivity index (χ4n) is 0.469. The molecule has 7 heavy (non-hydrogen) atoms. The van der Waals surface area contributed by atoms with Crippen LogP contribution in [0.4, 0.5) is 0 Å². The predicted molar refractivity (Wildman–Crippen MR) is 22.2 cm³/mol. The van der Waals surface area contributed by atoms with Gasteiger partial charge in [-0.15, -0.1) is 0 Å². The molecule has 0 radical (unpaired) electrons. The standard InChI is InChI=1S/C3H6N2O2/c4-2-1-5(7)3(2)6/h2,5H,1,4H2. The molecule has 0 bridgehead atoms. The fourth-order valence-corrected chi connectivity index (χ4v) is 0.469. The normalized spacial score (nSPS) is 40.6. The molecule has 4 nitrogen and oxygen atoms in total. The SMILES string of the molecule is NC1C[NH+]([O-])C1=O. The molecule has 1 aliphatic rings. The molecule has 2 atom stereocenters. The first-order valence-corrected chi connectivity index (χ1v) is 2.04. The van der Waals surface area contributed by atoms with E-state index in [2.05, 4.69) is 0 Å². The maximum atomic E-state index is 10.1. The lowest BCUT2D eigenvalue weighted by Gasteiger charge is -2.31. The van der Waals surface area contributed by atoms with Gasteiger partial charge in [-0.1, -0.05) is 0 Å². The third-order valence-corrected chi connectivity index (χ3v) is 1.02. The summed E-state index contributed by atoms with van der Waals surface area (Å²) in [6.45, 7) is 0.249. The smallest absolute Gasteiger partial charge is 0.334 e. The van der Waals surface area contributed by atoms with Crippen molar-refractivity contribution >= 4 is 5.91 Å². The van der Waals surface area contributed by atoms with Crippen molar-refractivity contribution in [3.8, 4) is 0 Å². The molecule has 0 saturated carbocycles. The van der Waals surface area contributed by atoms with Gasteiger partial charge >= 0.3 is 5.91 Å². The number of carbonyl (C=O) groups is 1. The Balaban J connectivity index is 2.44. The van der Waals surface area contributed by atoms with Crippen LogP contribution >= 0.6 is 0 Å². The van der Waals surface area contributed by atoms with Crippen LogP contribution in [0.3, 0.4) is 0 Å². The van der Waals surface area contributed by atoms with Gasteiger partial charge < -0.3 is 16.0 Å². The third-order valence-electron chi connectivity index (χ3n) is 1.02. The summed E-state index contributed by atoms with van der Waals surface area (Å²) < 4.78 is 0. The molecule has 1 aliphatic heterocycles. The minimum atomic E-state index is -0.479. The molecule has 0 aromatic heterocycles. The van der Waals surface area contributed by atoms with E-state index >= 15 is 0 Å². The van der Waals surface area contributed by atoms with E-state index in [0.717, 1.165) is 0 Å². The summed E-state index contributed by atoms with van der Waals surface area (Å²) in [6.07, 6.45) is 0. The molecule has 2 unspecified atom stereocenters. The molecule has 1 fully saturated rings. The molecule has 0 aliphatic carbocycles. The molecule has 4 heteroatoms. The molecule has 0 aromatic carbocycles. The van der Waals surface area contributed by atoms with E-state index in [1.807, 2.05) is 0 Å². The largest absolute Gasteiger partial charge is 0.627 e. The number of amides is 1. The number of hydrogen-bond acceptors (Lipinski definition) is 3. The molecule has 3 N–H and O–H groups in total. The number of carbonyl (C=O) groups excluding carboxylic acids is 1. The van der Waals surface area contributed by atoms with E-state index in [1.54, 1.807) is 0 Å². The number of nitrogens with two attached hydrogens (primary N) is 1. The number of rotatable bonds is 0. The average molecular weight is 102 g/mol. The lowest BCUT2D eigenvalue weighted by Crippen LogP contribution is -3.21. The van der Waals surface area contributed by atoms with Crippen molar-refractivity contribution in [2.75, 3.05) is 6.54 Å². The highest BCUT2D eigenvalue weighted by molar-refractivity contribution is 5.77. The van der Waals surface area contributed by atoms with E-state index in [0.29, 0.717) is 0 Å². The molecule has 1 amide bonds. The van der Waals surface area contributed by atoms with Crippen LogP contribution in [0.5, 0.6) is 0 Å². The van der Waals surface area contributed by atoms with Crippen molar-refractivity contribution in [2.24, 2.45) is 5.73 Å². The Morgan fingerprint density at radius 2 is 2.57 bits per heavy atom. The zero-order valence-electron chi connectivity index (χ0n) is 3.68. The first kappa shape index (κ1) is 4.70. The van der Waals surface area contributed by atoms with Crippen molar-refractivity contribution < 1.29 is 9.86 Å². The molecular weight excluding hydrogens is 96.0 g/mol. The van der Waals surface area contributed by atoms with Gasteiger partial charge in [0.05, 0.1) is 0 Å².